The van der Waals surface area contributed by atoms with Gasteiger partial charge in [-0.2, -0.15) is 4.98 Å². The maximum atomic E-state index is 5.48. The summed E-state index contributed by atoms with van der Waals surface area (Å²) in [7, 11) is 3.59. The lowest BCUT2D eigenvalue weighted by Crippen LogP contribution is -2.22. The third-order valence-electron chi connectivity index (χ3n) is 3.48. The highest BCUT2D eigenvalue weighted by atomic mass is 16.5. The number of rotatable bonds is 2. The Labute approximate surface area is 111 Å². The van der Waals surface area contributed by atoms with Gasteiger partial charge in [-0.05, 0) is 6.42 Å². The number of aryl methyl sites for hydroxylation is 1. The highest BCUT2D eigenvalue weighted by Gasteiger charge is 2.20. The van der Waals surface area contributed by atoms with Crippen LogP contribution in [0.4, 0.5) is 0 Å². The number of hydrogen-bond donors (Lipinski definition) is 1. The van der Waals surface area contributed by atoms with E-state index in [2.05, 4.69) is 26.0 Å². The molecule has 2 aromatic rings. The Bertz CT molecular complexity index is 573. The number of hydrogen-bond acceptors (Lipinski definition) is 5. The van der Waals surface area contributed by atoms with Crippen molar-refractivity contribution in [2.45, 2.75) is 12.5 Å². The average molecular weight is 262 g/mol. The molecule has 1 N–H and O–H groups in total. The van der Waals surface area contributed by atoms with Crippen LogP contribution in [-0.4, -0.2) is 41.4 Å². The summed E-state index contributed by atoms with van der Waals surface area (Å²) >= 11 is 0. The molecule has 6 heteroatoms. The largest absolute Gasteiger partial charge is 0.467 e. The van der Waals surface area contributed by atoms with Crippen LogP contribution in [0.2, 0.25) is 0 Å². The Kier molecular flexibility index (Phi) is 3.35. The van der Waals surface area contributed by atoms with Crippen molar-refractivity contribution in [2.24, 2.45) is 7.05 Å². The molecule has 0 aliphatic carbocycles. The SMILES string of the molecule is COc1ncc2c(n1)c(C1CCOCCN1)cn2C. The lowest BCUT2D eigenvalue weighted by molar-refractivity contribution is 0.150. The fourth-order valence-corrected chi connectivity index (χ4v) is 2.50. The predicted octanol–water partition coefficient (Wildman–Crippen LogP) is 1.03. The highest BCUT2D eigenvalue weighted by Crippen LogP contribution is 2.27. The maximum Gasteiger partial charge on any atom is 0.316 e. The van der Waals surface area contributed by atoms with Crippen LogP contribution in [0.15, 0.2) is 12.4 Å². The number of nitrogens with one attached hydrogen (secondary N) is 1. The molecule has 1 saturated heterocycles. The van der Waals surface area contributed by atoms with Crippen molar-refractivity contribution in [3.8, 4) is 6.01 Å². The highest BCUT2D eigenvalue weighted by molar-refractivity contribution is 5.79. The molecule has 1 aliphatic heterocycles. The van der Waals surface area contributed by atoms with Gasteiger partial charge in [0.2, 0.25) is 0 Å². The van der Waals surface area contributed by atoms with Gasteiger partial charge in [-0.3, -0.25) is 0 Å². The molecule has 0 spiro atoms. The Morgan fingerprint density at radius 1 is 1.47 bits per heavy atom. The minimum atomic E-state index is 0.269. The van der Waals surface area contributed by atoms with Gasteiger partial charge in [0.1, 0.15) is 5.52 Å². The number of fused-ring (bicyclic) bond motifs is 1. The zero-order chi connectivity index (χ0) is 13.2. The third kappa shape index (κ3) is 2.29. The van der Waals surface area contributed by atoms with Crippen LogP contribution < -0.4 is 10.1 Å². The zero-order valence-corrected chi connectivity index (χ0v) is 11.2. The molecule has 1 fully saturated rings. The lowest BCUT2D eigenvalue weighted by Gasteiger charge is -2.13. The Morgan fingerprint density at radius 3 is 3.21 bits per heavy atom. The molecule has 1 atom stereocenters. The van der Waals surface area contributed by atoms with E-state index in [-0.39, 0.29) is 6.04 Å². The minimum Gasteiger partial charge on any atom is -0.467 e. The van der Waals surface area contributed by atoms with Crippen molar-refractivity contribution >= 4 is 11.0 Å². The van der Waals surface area contributed by atoms with Gasteiger partial charge in [0.05, 0.1) is 25.4 Å². The van der Waals surface area contributed by atoms with E-state index in [9.17, 15) is 0 Å². The van der Waals surface area contributed by atoms with E-state index < -0.39 is 0 Å². The molecule has 1 unspecified atom stereocenters. The average Bonchev–Trinajstić information content (AvgIpc) is 2.64. The first-order valence-electron chi connectivity index (χ1n) is 6.46. The molecule has 0 saturated carbocycles. The molecule has 1 aliphatic rings. The van der Waals surface area contributed by atoms with Gasteiger partial charge >= 0.3 is 6.01 Å². The molecule has 0 amide bonds. The summed E-state index contributed by atoms with van der Waals surface area (Å²) in [5.41, 5.74) is 3.15. The number of nitrogens with zero attached hydrogens (tertiary/aromatic N) is 3. The first-order valence-corrected chi connectivity index (χ1v) is 6.46. The van der Waals surface area contributed by atoms with E-state index in [0.29, 0.717) is 6.01 Å². The van der Waals surface area contributed by atoms with Crippen LogP contribution >= 0.6 is 0 Å². The maximum absolute atomic E-state index is 5.48. The van der Waals surface area contributed by atoms with Gasteiger partial charge in [-0.1, -0.05) is 0 Å². The van der Waals surface area contributed by atoms with E-state index in [1.54, 1.807) is 13.3 Å². The number of ether oxygens (including phenoxy) is 2. The summed E-state index contributed by atoms with van der Waals surface area (Å²) in [5.74, 6) is 0. The first kappa shape index (κ1) is 12.4. The van der Waals surface area contributed by atoms with Crippen molar-refractivity contribution in [1.82, 2.24) is 19.9 Å². The van der Waals surface area contributed by atoms with Crippen LogP contribution in [0.1, 0.15) is 18.0 Å². The smallest absolute Gasteiger partial charge is 0.316 e. The van der Waals surface area contributed by atoms with Gasteiger partial charge in [0.15, 0.2) is 0 Å². The van der Waals surface area contributed by atoms with Crippen LogP contribution in [0, 0.1) is 0 Å². The van der Waals surface area contributed by atoms with Gasteiger partial charge in [0.25, 0.3) is 0 Å². The van der Waals surface area contributed by atoms with Crippen molar-refractivity contribution in [3.63, 3.8) is 0 Å². The third-order valence-corrected chi connectivity index (χ3v) is 3.48. The number of methoxy groups -OCH3 is 1. The van der Waals surface area contributed by atoms with E-state index in [1.807, 2.05) is 7.05 Å². The molecule has 2 aromatic heterocycles. The summed E-state index contributed by atoms with van der Waals surface area (Å²) in [6, 6.07) is 0.677. The van der Waals surface area contributed by atoms with Crippen molar-refractivity contribution in [2.75, 3.05) is 26.9 Å². The molecule has 19 heavy (non-hydrogen) atoms. The van der Waals surface area contributed by atoms with Gasteiger partial charge in [-0.25, -0.2) is 4.98 Å². The van der Waals surface area contributed by atoms with E-state index in [0.717, 1.165) is 37.2 Å². The van der Waals surface area contributed by atoms with Crippen LogP contribution in [0.3, 0.4) is 0 Å². The molecule has 0 radical (unpaired) electrons. The van der Waals surface area contributed by atoms with Crippen LogP contribution in [-0.2, 0) is 11.8 Å². The molecule has 3 rings (SSSR count). The molecule has 0 bridgehead atoms. The lowest BCUT2D eigenvalue weighted by atomic mass is 10.1. The molecular formula is C13H18N4O2. The minimum absolute atomic E-state index is 0.269. The van der Waals surface area contributed by atoms with E-state index in [1.165, 1.54) is 5.56 Å². The zero-order valence-electron chi connectivity index (χ0n) is 11.2. The van der Waals surface area contributed by atoms with E-state index in [4.69, 9.17) is 9.47 Å². The Hall–Kier alpha value is -1.66. The standard InChI is InChI=1S/C13H18N4O2/c1-17-8-9(10-3-5-19-6-4-14-10)12-11(17)7-15-13(16-12)18-2/h7-8,10,14H,3-6H2,1-2H3. The molecule has 0 aromatic carbocycles. The van der Waals surface area contributed by atoms with Crippen molar-refractivity contribution < 1.29 is 9.47 Å². The first-order chi connectivity index (χ1) is 9.29. The van der Waals surface area contributed by atoms with Gasteiger partial charge in [-0.15, -0.1) is 0 Å². The topological polar surface area (TPSA) is 61.2 Å². The number of aromatic nitrogens is 3. The second kappa shape index (κ2) is 5.14. The normalized spacial score (nSPS) is 20.4. The Balaban J connectivity index is 2.06. The molecule has 6 nitrogen and oxygen atoms in total. The van der Waals surface area contributed by atoms with E-state index >= 15 is 0 Å². The van der Waals surface area contributed by atoms with Crippen molar-refractivity contribution in [3.05, 3.63) is 18.0 Å². The second-order valence-electron chi connectivity index (χ2n) is 4.69. The monoisotopic (exact) mass is 262 g/mol. The fraction of sp³-hybridized carbons (Fsp3) is 0.538. The summed E-state index contributed by atoms with van der Waals surface area (Å²) in [6.45, 7) is 2.40. The quantitative estimate of drug-likeness (QED) is 0.876. The Morgan fingerprint density at radius 2 is 2.37 bits per heavy atom. The predicted molar refractivity (Wildman–Crippen MR) is 71.2 cm³/mol. The van der Waals surface area contributed by atoms with Crippen LogP contribution in [0.25, 0.3) is 11.0 Å². The summed E-state index contributed by atoms with van der Waals surface area (Å²) in [5, 5.41) is 3.50. The van der Waals surface area contributed by atoms with Gasteiger partial charge < -0.3 is 19.4 Å². The van der Waals surface area contributed by atoms with Crippen LogP contribution in [0.5, 0.6) is 6.01 Å². The summed E-state index contributed by atoms with van der Waals surface area (Å²) in [6.07, 6.45) is 4.87. The molecule has 102 valence electrons. The summed E-state index contributed by atoms with van der Waals surface area (Å²) in [4.78, 5) is 8.65. The second-order valence-corrected chi connectivity index (χ2v) is 4.69. The van der Waals surface area contributed by atoms with Crippen molar-refractivity contribution in [1.29, 1.82) is 0 Å². The molecule has 3 heterocycles. The fourth-order valence-electron chi connectivity index (χ4n) is 2.50. The van der Waals surface area contributed by atoms with Gasteiger partial charge in [0, 0.05) is 38.0 Å². The summed E-state index contributed by atoms with van der Waals surface area (Å²) < 4.78 is 12.7. The molecular weight excluding hydrogens is 244 g/mol.